The molecule has 1 aliphatic heterocycles. The maximum atomic E-state index is 5.13. The molecule has 1 aliphatic rings. The van der Waals surface area contributed by atoms with E-state index in [1.54, 1.807) is 7.11 Å². The van der Waals surface area contributed by atoms with Crippen LogP contribution >= 0.6 is 11.8 Å². The van der Waals surface area contributed by atoms with Crippen LogP contribution in [0, 0.1) is 0 Å². The number of ether oxygens (including phenoxy) is 1. The standard InChI is InChI=1S/C9H15N3O2S/c1-13-5-8-11-9(14-12-8)4-7-6-15-3-2-10-7/h7,10H,2-6H2,1H3. The third kappa shape index (κ3) is 3.19. The molecule has 6 heteroatoms. The second-order valence-electron chi connectivity index (χ2n) is 3.47. The molecule has 0 bridgehead atoms. The van der Waals surface area contributed by atoms with Gasteiger partial charge in [0, 0.05) is 37.6 Å². The smallest absolute Gasteiger partial charge is 0.228 e. The molecule has 0 spiro atoms. The average molecular weight is 229 g/mol. The lowest BCUT2D eigenvalue weighted by atomic mass is 10.2. The molecule has 0 radical (unpaired) electrons. The van der Waals surface area contributed by atoms with E-state index in [4.69, 9.17) is 9.26 Å². The first kappa shape index (κ1) is 10.9. The fourth-order valence-electron chi connectivity index (χ4n) is 1.52. The number of hydrogen-bond donors (Lipinski definition) is 1. The SMILES string of the molecule is COCc1noc(CC2CSCCN2)n1. The zero-order valence-electron chi connectivity index (χ0n) is 8.73. The number of hydrogen-bond acceptors (Lipinski definition) is 6. The number of aromatic nitrogens is 2. The Morgan fingerprint density at radius 3 is 3.33 bits per heavy atom. The van der Waals surface area contributed by atoms with E-state index < -0.39 is 0 Å². The van der Waals surface area contributed by atoms with Gasteiger partial charge in [0.15, 0.2) is 5.82 Å². The van der Waals surface area contributed by atoms with Crippen molar-refractivity contribution >= 4 is 11.8 Å². The summed E-state index contributed by atoms with van der Waals surface area (Å²) in [7, 11) is 1.62. The highest BCUT2D eigenvalue weighted by Crippen LogP contribution is 2.11. The second kappa shape index (κ2) is 5.48. The Hall–Kier alpha value is -0.590. The van der Waals surface area contributed by atoms with Gasteiger partial charge in [-0.2, -0.15) is 16.7 Å². The monoisotopic (exact) mass is 229 g/mol. The summed E-state index contributed by atoms with van der Waals surface area (Å²) in [6.07, 6.45) is 0.809. The van der Waals surface area contributed by atoms with Crippen molar-refractivity contribution in [3.63, 3.8) is 0 Å². The van der Waals surface area contributed by atoms with Gasteiger partial charge in [0.25, 0.3) is 0 Å². The van der Waals surface area contributed by atoms with Crippen LogP contribution < -0.4 is 5.32 Å². The number of thioether (sulfide) groups is 1. The van der Waals surface area contributed by atoms with Gasteiger partial charge in [-0.15, -0.1) is 0 Å². The molecular weight excluding hydrogens is 214 g/mol. The van der Waals surface area contributed by atoms with Crippen molar-refractivity contribution in [2.75, 3.05) is 25.2 Å². The molecular formula is C9H15N3O2S. The maximum Gasteiger partial charge on any atom is 0.228 e. The van der Waals surface area contributed by atoms with Crippen molar-refractivity contribution in [2.45, 2.75) is 19.1 Å². The fraction of sp³-hybridized carbons (Fsp3) is 0.778. The minimum absolute atomic E-state index is 0.413. The first-order chi connectivity index (χ1) is 7.38. The third-order valence-electron chi connectivity index (χ3n) is 2.20. The van der Waals surface area contributed by atoms with Gasteiger partial charge in [-0.3, -0.25) is 0 Å². The van der Waals surface area contributed by atoms with Crippen LogP contribution in [0.5, 0.6) is 0 Å². The number of nitrogens with one attached hydrogen (secondary N) is 1. The lowest BCUT2D eigenvalue weighted by molar-refractivity contribution is 0.174. The van der Waals surface area contributed by atoms with Crippen LogP contribution in [0.2, 0.25) is 0 Å². The molecule has 15 heavy (non-hydrogen) atoms. The first-order valence-corrected chi connectivity index (χ1v) is 6.15. The quantitative estimate of drug-likeness (QED) is 0.809. The highest BCUT2D eigenvalue weighted by atomic mass is 32.2. The van der Waals surface area contributed by atoms with E-state index in [2.05, 4.69) is 15.5 Å². The summed E-state index contributed by atoms with van der Waals surface area (Å²) < 4.78 is 10.1. The Labute approximate surface area is 93.0 Å². The molecule has 1 unspecified atom stereocenters. The van der Waals surface area contributed by atoms with Crippen LogP contribution in [0.1, 0.15) is 11.7 Å². The van der Waals surface area contributed by atoms with Crippen molar-refractivity contribution in [3.8, 4) is 0 Å². The Balaban J connectivity index is 1.86. The number of rotatable bonds is 4. The van der Waals surface area contributed by atoms with Crippen LogP contribution in [0.15, 0.2) is 4.52 Å². The van der Waals surface area contributed by atoms with Gasteiger partial charge in [0.05, 0.1) is 0 Å². The Kier molecular flexibility index (Phi) is 3.99. The van der Waals surface area contributed by atoms with Crippen molar-refractivity contribution < 1.29 is 9.26 Å². The molecule has 5 nitrogen and oxygen atoms in total. The van der Waals surface area contributed by atoms with E-state index in [0.29, 0.717) is 24.4 Å². The molecule has 0 aliphatic carbocycles. The molecule has 1 atom stereocenters. The molecule has 1 N–H and O–H groups in total. The molecule has 2 rings (SSSR count). The largest absolute Gasteiger partial charge is 0.377 e. The van der Waals surface area contributed by atoms with Crippen LogP contribution in [0.3, 0.4) is 0 Å². The molecule has 0 amide bonds. The van der Waals surface area contributed by atoms with Gasteiger partial charge in [-0.05, 0) is 0 Å². The molecule has 1 saturated heterocycles. The summed E-state index contributed by atoms with van der Waals surface area (Å²) >= 11 is 1.96. The van der Waals surface area contributed by atoms with E-state index >= 15 is 0 Å². The molecule has 1 fully saturated rings. The van der Waals surface area contributed by atoms with Gasteiger partial charge in [0.1, 0.15) is 6.61 Å². The highest BCUT2D eigenvalue weighted by Gasteiger charge is 2.16. The van der Waals surface area contributed by atoms with Crippen LogP contribution in [0.4, 0.5) is 0 Å². The second-order valence-corrected chi connectivity index (χ2v) is 4.62. The summed E-state index contributed by atoms with van der Waals surface area (Å²) in [5, 5.41) is 7.25. The minimum Gasteiger partial charge on any atom is -0.377 e. The molecule has 84 valence electrons. The van der Waals surface area contributed by atoms with Gasteiger partial charge < -0.3 is 14.6 Å². The summed E-state index contributed by atoms with van der Waals surface area (Å²) in [5.41, 5.74) is 0. The van der Waals surface area contributed by atoms with Gasteiger partial charge in [-0.1, -0.05) is 5.16 Å². The topological polar surface area (TPSA) is 60.2 Å². The van der Waals surface area contributed by atoms with E-state index in [1.165, 1.54) is 5.75 Å². The molecule has 0 saturated carbocycles. The highest BCUT2D eigenvalue weighted by molar-refractivity contribution is 7.99. The van der Waals surface area contributed by atoms with Crippen molar-refractivity contribution in [1.82, 2.24) is 15.5 Å². The van der Waals surface area contributed by atoms with Crippen LogP contribution in [-0.2, 0) is 17.8 Å². The zero-order chi connectivity index (χ0) is 10.5. The van der Waals surface area contributed by atoms with Crippen LogP contribution in [-0.4, -0.2) is 41.3 Å². The summed E-state index contributed by atoms with van der Waals surface area (Å²) in [5.74, 6) is 3.62. The predicted molar refractivity (Wildman–Crippen MR) is 57.8 cm³/mol. The Bertz CT molecular complexity index is 299. The summed E-state index contributed by atoms with van der Waals surface area (Å²) in [6, 6.07) is 0.458. The number of methoxy groups -OCH3 is 1. The third-order valence-corrected chi connectivity index (χ3v) is 3.33. The molecule has 1 aromatic rings. The molecule has 1 aromatic heterocycles. The Morgan fingerprint density at radius 1 is 1.67 bits per heavy atom. The van der Waals surface area contributed by atoms with E-state index in [-0.39, 0.29) is 0 Å². The Morgan fingerprint density at radius 2 is 2.60 bits per heavy atom. The predicted octanol–water partition coefficient (Wildman–Crippen LogP) is 0.464. The van der Waals surface area contributed by atoms with E-state index in [1.807, 2.05) is 11.8 Å². The average Bonchev–Trinajstić information content (AvgIpc) is 2.68. The minimum atomic E-state index is 0.413. The van der Waals surface area contributed by atoms with Crippen molar-refractivity contribution in [3.05, 3.63) is 11.7 Å². The summed E-state index contributed by atoms with van der Waals surface area (Å²) in [4.78, 5) is 4.24. The lowest BCUT2D eigenvalue weighted by Crippen LogP contribution is -2.38. The van der Waals surface area contributed by atoms with Gasteiger partial charge in [0.2, 0.25) is 5.89 Å². The van der Waals surface area contributed by atoms with Crippen molar-refractivity contribution in [1.29, 1.82) is 0 Å². The molecule has 0 aromatic carbocycles. The van der Waals surface area contributed by atoms with Crippen LogP contribution in [0.25, 0.3) is 0 Å². The lowest BCUT2D eigenvalue weighted by Gasteiger charge is -2.21. The summed E-state index contributed by atoms with van der Waals surface area (Å²) in [6.45, 7) is 1.48. The normalized spacial score (nSPS) is 21.8. The fourth-order valence-corrected chi connectivity index (χ4v) is 2.47. The van der Waals surface area contributed by atoms with Gasteiger partial charge in [-0.25, -0.2) is 0 Å². The van der Waals surface area contributed by atoms with E-state index in [9.17, 15) is 0 Å². The maximum absolute atomic E-state index is 5.13. The zero-order valence-corrected chi connectivity index (χ0v) is 9.55. The van der Waals surface area contributed by atoms with Gasteiger partial charge >= 0.3 is 0 Å². The molecule has 2 heterocycles. The first-order valence-electron chi connectivity index (χ1n) is 5.00. The van der Waals surface area contributed by atoms with E-state index in [0.717, 1.165) is 18.7 Å². The number of nitrogens with zero attached hydrogens (tertiary/aromatic N) is 2. The van der Waals surface area contributed by atoms with Crippen molar-refractivity contribution in [2.24, 2.45) is 0 Å².